The molecule has 2 aromatic heterocycles. The van der Waals surface area contributed by atoms with E-state index in [9.17, 15) is 0 Å². The zero-order chi connectivity index (χ0) is 9.42. The first-order chi connectivity index (χ1) is 6.20. The average Bonchev–Trinajstić information content (AvgIpc) is 2.39. The summed E-state index contributed by atoms with van der Waals surface area (Å²) in [5.41, 5.74) is 3.18. The Morgan fingerprint density at radius 2 is 2.23 bits per heavy atom. The van der Waals surface area contributed by atoms with Crippen molar-refractivity contribution in [2.24, 2.45) is 0 Å². The van der Waals surface area contributed by atoms with E-state index in [4.69, 9.17) is 12.2 Å². The Morgan fingerprint density at radius 3 is 2.92 bits per heavy atom. The van der Waals surface area contributed by atoms with Crippen molar-refractivity contribution < 1.29 is 0 Å². The van der Waals surface area contributed by atoms with Crippen LogP contribution in [-0.2, 0) is 0 Å². The molecule has 0 saturated carbocycles. The SMILES string of the molecule is CC(=S)c1c(C)nn2ccccc12. The summed E-state index contributed by atoms with van der Waals surface area (Å²) in [6.07, 6.45) is 1.93. The highest BCUT2D eigenvalue weighted by molar-refractivity contribution is 7.80. The molecular formula is C10H10N2S. The van der Waals surface area contributed by atoms with E-state index in [0.29, 0.717) is 0 Å². The summed E-state index contributed by atoms with van der Waals surface area (Å²) >= 11 is 5.18. The Hall–Kier alpha value is -1.22. The van der Waals surface area contributed by atoms with Crippen LogP contribution in [0.3, 0.4) is 0 Å². The second-order valence-electron chi connectivity index (χ2n) is 3.05. The van der Waals surface area contributed by atoms with Gasteiger partial charge in [-0.2, -0.15) is 5.10 Å². The Kier molecular flexibility index (Phi) is 1.88. The molecule has 2 rings (SSSR count). The zero-order valence-electron chi connectivity index (χ0n) is 7.61. The highest BCUT2D eigenvalue weighted by atomic mass is 32.1. The largest absolute Gasteiger partial charge is 0.240 e. The second-order valence-corrected chi connectivity index (χ2v) is 3.66. The van der Waals surface area contributed by atoms with E-state index >= 15 is 0 Å². The quantitative estimate of drug-likeness (QED) is 0.507. The first kappa shape index (κ1) is 8.38. The molecule has 0 fully saturated rings. The molecule has 2 heterocycles. The fourth-order valence-corrected chi connectivity index (χ4v) is 1.80. The van der Waals surface area contributed by atoms with Gasteiger partial charge in [-0.05, 0) is 26.0 Å². The normalized spacial score (nSPS) is 10.6. The van der Waals surface area contributed by atoms with Crippen molar-refractivity contribution in [3.05, 3.63) is 35.7 Å². The van der Waals surface area contributed by atoms with Crippen LogP contribution in [0.1, 0.15) is 18.2 Å². The van der Waals surface area contributed by atoms with Crippen molar-refractivity contribution in [2.45, 2.75) is 13.8 Å². The summed E-state index contributed by atoms with van der Waals surface area (Å²) in [7, 11) is 0. The van der Waals surface area contributed by atoms with Gasteiger partial charge in [-0.1, -0.05) is 18.3 Å². The van der Waals surface area contributed by atoms with Crippen LogP contribution >= 0.6 is 12.2 Å². The van der Waals surface area contributed by atoms with Crippen molar-refractivity contribution in [1.29, 1.82) is 0 Å². The van der Waals surface area contributed by atoms with Crippen LogP contribution in [0.2, 0.25) is 0 Å². The molecule has 0 bridgehead atoms. The fourth-order valence-electron chi connectivity index (χ4n) is 1.55. The molecule has 0 N–H and O–H groups in total. The average molecular weight is 190 g/mol. The number of aromatic nitrogens is 2. The minimum atomic E-state index is 0.902. The van der Waals surface area contributed by atoms with Crippen LogP contribution in [0, 0.1) is 6.92 Å². The number of nitrogens with zero attached hydrogens (tertiary/aromatic N) is 2. The molecule has 0 atom stereocenters. The second kappa shape index (κ2) is 2.92. The number of pyridine rings is 1. The zero-order valence-corrected chi connectivity index (χ0v) is 8.43. The van der Waals surface area contributed by atoms with Gasteiger partial charge in [0.15, 0.2) is 0 Å². The molecule has 0 amide bonds. The third-order valence-electron chi connectivity index (χ3n) is 2.07. The molecule has 0 aliphatic carbocycles. The lowest BCUT2D eigenvalue weighted by Gasteiger charge is -1.95. The van der Waals surface area contributed by atoms with E-state index in [0.717, 1.165) is 21.6 Å². The molecule has 0 aliphatic heterocycles. The molecule has 3 heteroatoms. The predicted octanol–water partition coefficient (Wildman–Crippen LogP) is 2.38. The summed E-state index contributed by atoms with van der Waals surface area (Å²) in [5.74, 6) is 0. The lowest BCUT2D eigenvalue weighted by Crippen LogP contribution is -1.91. The number of fused-ring (bicyclic) bond motifs is 1. The van der Waals surface area contributed by atoms with Gasteiger partial charge in [-0.3, -0.25) is 0 Å². The molecular weight excluding hydrogens is 180 g/mol. The maximum Gasteiger partial charge on any atom is 0.0747 e. The van der Waals surface area contributed by atoms with Gasteiger partial charge < -0.3 is 0 Å². The van der Waals surface area contributed by atoms with Crippen LogP contribution in [-0.4, -0.2) is 14.5 Å². The van der Waals surface area contributed by atoms with Crippen LogP contribution < -0.4 is 0 Å². The Labute approximate surface area is 82.2 Å². The lowest BCUT2D eigenvalue weighted by atomic mass is 10.1. The third-order valence-corrected chi connectivity index (χ3v) is 2.27. The van der Waals surface area contributed by atoms with Gasteiger partial charge in [-0.25, -0.2) is 4.52 Å². The van der Waals surface area contributed by atoms with Gasteiger partial charge in [0.2, 0.25) is 0 Å². The third kappa shape index (κ3) is 1.25. The summed E-state index contributed by atoms with van der Waals surface area (Å²) in [4.78, 5) is 0.902. The number of hydrogen-bond acceptors (Lipinski definition) is 2. The van der Waals surface area contributed by atoms with Crippen LogP contribution in [0.4, 0.5) is 0 Å². The molecule has 0 saturated heterocycles. The van der Waals surface area contributed by atoms with E-state index in [1.807, 2.05) is 42.8 Å². The Bertz CT molecular complexity index is 471. The van der Waals surface area contributed by atoms with Crippen molar-refractivity contribution in [3.63, 3.8) is 0 Å². The summed E-state index contributed by atoms with van der Waals surface area (Å²) < 4.78 is 1.86. The fraction of sp³-hybridized carbons (Fsp3) is 0.200. The van der Waals surface area contributed by atoms with Crippen LogP contribution in [0.25, 0.3) is 5.52 Å². The van der Waals surface area contributed by atoms with E-state index < -0.39 is 0 Å². The monoisotopic (exact) mass is 190 g/mol. The maximum atomic E-state index is 5.18. The van der Waals surface area contributed by atoms with E-state index in [1.54, 1.807) is 0 Å². The molecule has 0 aliphatic rings. The Morgan fingerprint density at radius 1 is 1.46 bits per heavy atom. The van der Waals surface area contributed by atoms with E-state index in [2.05, 4.69) is 5.10 Å². The first-order valence-corrected chi connectivity index (χ1v) is 4.56. The highest BCUT2D eigenvalue weighted by Gasteiger charge is 2.09. The minimum absolute atomic E-state index is 0.902. The smallest absolute Gasteiger partial charge is 0.0747 e. The summed E-state index contributed by atoms with van der Waals surface area (Å²) in [5, 5.41) is 4.36. The maximum absolute atomic E-state index is 5.18. The predicted molar refractivity (Wildman–Crippen MR) is 57.3 cm³/mol. The van der Waals surface area contributed by atoms with E-state index in [-0.39, 0.29) is 0 Å². The molecule has 66 valence electrons. The molecule has 0 aromatic carbocycles. The molecule has 2 nitrogen and oxygen atoms in total. The topological polar surface area (TPSA) is 17.3 Å². The first-order valence-electron chi connectivity index (χ1n) is 4.15. The lowest BCUT2D eigenvalue weighted by molar-refractivity contribution is 0.934. The van der Waals surface area contributed by atoms with Crippen molar-refractivity contribution in [2.75, 3.05) is 0 Å². The number of rotatable bonds is 1. The van der Waals surface area contributed by atoms with Gasteiger partial charge in [0, 0.05) is 16.6 Å². The van der Waals surface area contributed by atoms with Gasteiger partial charge in [-0.15, -0.1) is 0 Å². The molecule has 0 unspecified atom stereocenters. The standard InChI is InChI=1S/C10H10N2S/c1-7-10(8(2)13)9-5-3-4-6-12(9)11-7/h3-6H,1-2H3. The molecule has 13 heavy (non-hydrogen) atoms. The Balaban J connectivity index is 2.86. The van der Waals surface area contributed by atoms with Crippen molar-refractivity contribution in [3.8, 4) is 0 Å². The molecule has 0 radical (unpaired) electrons. The number of thiocarbonyl (C=S) groups is 1. The van der Waals surface area contributed by atoms with Crippen LogP contribution in [0.5, 0.6) is 0 Å². The van der Waals surface area contributed by atoms with Crippen molar-refractivity contribution >= 4 is 22.6 Å². The minimum Gasteiger partial charge on any atom is -0.240 e. The highest BCUT2D eigenvalue weighted by Crippen LogP contribution is 2.15. The van der Waals surface area contributed by atoms with Gasteiger partial charge >= 0.3 is 0 Å². The summed E-state index contributed by atoms with van der Waals surface area (Å²) in [6, 6.07) is 5.99. The van der Waals surface area contributed by atoms with Crippen molar-refractivity contribution in [1.82, 2.24) is 9.61 Å². The molecule has 2 aromatic rings. The van der Waals surface area contributed by atoms with E-state index in [1.165, 1.54) is 0 Å². The number of hydrogen-bond donors (Lipinski definition) is 0. The molecule has 0 spiro atoms. The van der Waals surface area contributed by atoms with Gasteiger partial charge in [0.05, 0.1) is 11.2 Å². The van der Waals surface area contributed by atoms with Gasteiger partial charge in [0.25, 0.3) is 0 Å². The van der Waals surface area contributed by atoms with Gasteiger partial charge in [0.1, 0.15) is 0 Å². The summed E-state index contributed by atoms with van der Waals surface area (Å²) in [6.45, 7) is 3.92. The number of aryl methyl sites for hydroxylation is 1. The van der Waals surface area contributed by atoms with Crippen LogP contribution in [0.15, 0.2) is 24.4 Å².